The summed E-state index contributed by atoms with van der Waals surface area (Å²) in [4.78, 5) is 35.0. The van der Waals surface area contributed by atoms with Crippen LogP contribution in [0.2, 0.25) is 0 Å². The number of rotatable bonds is 4. The number of benzene rings is 1. The number of aromatic nitrogens is 2. The average molecular weight is 366 g/mol. The van der Waals surface area contributed by atoms with Crippen LogP contribution in [-0.2, 0) is 9.53 Å². The molecule has 0 spiro atoms. The van der Waals surface area contributed by atoms with E-state index >= 15 is 0 Å². The van der Waals surface area contributed by atoms with Crippen LogP contribution in [0, 0.1) is 11.3 Å². The number of carbonyl (C=O) groups is 2. The number of esters is 1. The molecule has 2 aromatic rings. The van der Waals surface area contributed by atoms with Crippen molar-refractivity contribution in [2.75, 3.05) is 7.05 Å². The van der Waals surface area contributed by atoms with E-state index in [4.69, 9.17) is 4.74 Å². The first-order valence-electron chi connectivity index (χ1n) is 9.07. The highest BCUT2D eigenvalue weighted by Gasteiger charge is 2.40. The van der Waals surface area contributed by atoms with Gasteiger partial charge in [0.25, 0.3) is 5.91 Å². The largest absolute Gasteiger partial charge is 0.449 e. The lowest BCUT2D eigenvalue weighted by Gasteiger charge is -2.39. The van der Waals surface area contributed by atoms with Gasteiger partial charge in [-0.05, 0) is 38.0 Å². The van der Waals surface area contributed by atoms with Gasteiger partial charge in [0, 0.05) is 19.4 Å². The van der Waals surface area contributed by atoms with Crippen molar-refractivity contribution in [2.45, 2.75) is 50.7 Å². The zero-order chi connectivity index (χ0) is 19.4. The van der Waals surface area contributed by atoms with Crippen molar-refractivity contribution in [3.8, 4) is 6.07 Å². The van der Waals surface area contributed by atoms with Crippen LogP contribution in [0.25, 0.3) is 11.0 Å². The summed E-state index contributed by atoms with van der Waals surface area (Å²) in [6, 6.07) is 7.17. The maximum atomic E-state index is 12.8. The summed E-state index contributed by atoms with van der Waals surface area (Å²) < 4.78 is 5.36. The molecule has 1 heterocycles. The van der Waals surface area contributed by atoms with Gasteiger partial charge in [0.15, 0.2) is 6.10 Å². The zero-order valence-corrected chi connectivity index (χ0v) is 15.5. The Bertz CT molecular complexity index is 899. The Morgan fingerprint density at radius 3 is 2.52 bits per heavy atom. The van der Waals surface area contributed by atoms with E-state index in [1.165, 1.54) is 11.8 Å². The monoisotopic (exact) mass is 366 g/mol. The average Bonchev–Trinajstić information content (AvgIpc) is 2.72. The molecule has 1 atom stereocenters. The van der Waals surface area contributed by atoms with Gasteiger partial charge in [-0.15, -0.1) is 0 Å². The van der Waals surface area contributed by atoms with Crippen molar-refractivity contribution in [1.29, 1.82) is 5.26 Å². The van der Waals surface area contributed by atoms with Crippen molar-refractivity contribution in [1.82, 2.24) is 14.9 Å². The molecule has 1 aliphatic carbocycles. The second-order valence-electron chi connectivity index (χ2n) is 6.91. The Kier molecular flexibility index (Phi) is 5.36. The van der Waals surface area contributed by atoms with Gasteiger partial charge < -0.3 is 9.64 Å². The minimum absolute atomic E-state index is 0.304. The van der Waals surface area contributed by atoms with Gasteiger partial charge >= 0.3 is 5.97 Å². The predicted molar refractivity (Wildman–Crippen MR) is 98.6 cm³/mol. The zero-order valence-electron chi connectivity index (χ0n) is 15.5. The van der Waals surface area contributed by atoms with E-state index < -0.39 is 17.6 Å². The van der Waals surface area contributed by atoms with E-state index in [-0.39, 0.29) is 5.91 Å². The van der Waals surface area contributed by atoms with Crippen LogP contribution in [0.15, 0.2) is 30.6 Å². The molecule has 1 aromatic heterocycles. The van der Waals surface area contributed by atoms with Gasteiger partial charge in [0.05, 0.1) is 22.7 Å². The maximum absolute atomic E-state index is 12.8. The summed E-state index contributed by atoms with van der Waals surface area (Å²) in [5.41, 5.74) is 0.743. The normalized spacial score (nSPS) is 16.9. The molecular formula is C20H22N4O3. The highest BCUT2D eigenvalue weighted by atomic mass is 16.5. The summed E-state index contributed by atoms with van der Waals surface area (Å²) >= 11 is 0. The molecule has 0 aliphatic heterocycles. The number of hydrogen-bond acceptors (Lipinski definition) is 6. The smallest absolute Gasteiger partial charge is 0.338 e. The quantitative estimate of drug-likeness (QED) is 0.772. The molecule has 3 rings (SSSR count). The van der Waals surface area contributed by atoms with Crippen molar-refractivity contribution in [3.05, 3.63) is 36.2 Å². The molecule has 0 saturated heterocycles. The lowest BCUT2D eigenvalue weighted by Crippen LogP contribution is -2.53. The van der Waals surface area contributed by atoms with Crippen LogP contribution in [-0.4, -0.2) is 45.4 Å². The molecule has 27 heavy (non-hydrogen) atoms. The van der Waals surface area contributed by atoms with Gasteiger partial charge in [-0.3, -0.25) is 14.8 Å². The lowest BCUT2D eigenvalue weighted by atomic mass is 9.81. The number of ether oxygens (including phenoxy) is 1. The standard InChI is InChI=1S/C20H22N4O3/c1-14(18(25)24(2)20(13-21)8-4-3-5-9-20)27-19(26)15-6-7-16-17(12-15)23-11-10-22-16/h6-7,10-12,14H,3-5,8-9H2,1-2H3/t14-/m1/s1. The number of hydrogen-bond donors (Lipinski definition) is 0. The Morgan fingerprint density at radius 1 is 1.19 bits per heavy atom. The van der Waals surface area contributed by atoms with E-state index in [1.807, 2.05) is 0 Å². The minimum Gasteiger partial charge on any atom is -0.449 e. The first-order valence-corrected chi connectivity index (χ1v) is 9.07. The van der Waals surface area contributed by atoms with Gasteiger partial charge in [0.1, 0.15) is 5.54 Å². The minimum atomic E-state index is -0.979. The lowest BCUT2D eigenvalue weighted by molar-refractivity contribution is -0.143. The molecule has 0 bridgehead atoms. The topological polar surface area (TPSA) is 96.2 Å². The van der Waals surface area contributed by atoms with Gasteiger partial charge in [-0.1, -0.05) is 19.3 Å². The number of amides is 1. The number of likely N-dealkylation sites (N-methyl/N-ethyl adjacent to an activating group) is 1. The fourth-order valence-electron chi connectivity index (χ4n) is 3.51. The van der Waals surface area contributed by atoms with Crippen LogP contribution in [0.1, 0.15) is 49.4 Å². The summed E-state index contributed by atoms with van der Waals surface area (Å²) in [6.45, 7) is 1.53. The SMILES string of the molecule is C[C@@H](OC(=O)c1ccc2nccnc2c1)C(=O)N(C)C1(C#N)CCCCC1. The van der Waals surface area contributed by atoms with Gasteiger partial charge in [-0.2, -0.15) is 5.26 Å². The highest BCUT2D eigenvalue weighted by molar-refractivity contribution is 5.95. The molecule has 1 saturated carbocycles. The van der Waals surface area contributed by atoms with Gasteiger partial charge in [-0.25, -0.2) is 4.79 Å². The highest BCUT2D eigenvalue weighted by Crippen LogP contribution is 2.33. The summed E-state index contributed by atoms with van der Waals surface area (Å²) in [5, 5.41) is 9.64. The Morgan fingerprint density at radius 2 is 1.85 bits per heavy atom. The second-order valence-corrected chi connectivity index (χ2v) is 6.91. The molecule has 0 unspecified atom stereocenters. The van der Waals surface area contributed by atoms with E-state index in [1.54, 1.807) is 37.6 Å². The first-order chi connectivity index (χ1) is 13.0. The number of fused-ring (bicyclic) bond motifs is 1. The predicted octanol–water partition coefficient (Wildman–Crippen LogP) is 2.86. The molecule has 140 valence electrons. The Hall–Kier alpha value is -3.01. The van der Waals surface area contributed by atoms with Gasteiger partial charge in [0.2, 0.25) is 0 Å². The fraction of sp³-hybridized carbons (Fsp3) is 0.450. The van der Waals surface area contributed by atoms with Crippen LogP contribution >= 0.6 is 0 Å². The number of carbonyl (C=O) groups excluding carboxylic acids is 2. The number of nitrogens with zero attached hydrogens (tertiary/aromatic N) is 4. The van der Waals surface area contributed by atoms with Crippen LogP contribution < -0.4 is 0 Å². The van der Waals surface area contributed by atoms with E-state index in [9.17, 15) is 14.9 Å². The third kappa shape index (κ3) is 3.75. The first kappa shape index (κ1) is 18.8. The number of nitriles is 1. The molecule has 1 aliphatic rings. The maximum Gasteiger partial charge on any atom is 0.338 e. The summed E-state index contributed by atoms with van der Waals surface area (Å²) in [6.07, 6.45) is 6.34. The molecular weight excluding hydrogens is 344 g/mol. The third-order valence-electron chi connectivity index (χ3n) is 5.20. The van der Waals surface area contributed by atoms with Crippen LogP contribution in [0.4, 0.5) is 0 Å². The van der Waals surface area contributed by atoms with E-state index in [0.717, 1.165) is 19.3 Å². The van der Waals surface area contributed by atoms with Crippen molar-refractivity contribution in [2.24, 2.45) is 0 Å². The van der Waals surface area contributed by atoms with Crippen LogP contribution in [0.5, 0.6) is 0 Å². The molecule has 7 nitrogen and oxygen atoms in total. The second kappa shape index (κ2) is 7.70. The van der Waals surface area contributed by atoms with Crippen molar-refractivity contribution < 1.29 is 14.3 Å². The Balaban J connectivity index is 1.71. The van der Waals surface area contributed by atoms with Crippen LogP contribution in [0.3, 0.4) is 0 Å². The summed E-state index contributed by atoms with van der Waals surface area (Å²) in [7, 11) is 1.62. The third-order valence-corrected chi connectivity index (χ3v) is 5.20. The molecule has 1 fully saturated rings. The molecule has 0 N–H and O–H groups in total. The Labute approximate surface area is 158 Å². The van der Waals surface area contributed by atoms with Crippen molar-refractivity contribution >= 4 is 22.9 Å². The fourth-order valence-corrected chi connectivity index (χ4v) is 3.51. The molecule has 7 heteroatoms. The van der Waals surface area contributed by atoms with E-state index in [0.29, 0.717) is 29.4 Å². The molecule has 1 aromatic carbocycles. The van der Waals surface area contributed by atoms with E-state index in [2.05, 4.69) is 16.0 Å². The summed E-state index contributed by atoms with van der Waals surface area (Å²) in [5.74, 6) is -0.973. The molecule has 1 amide bonds. The molecule has 0 radical (unpaired) electrons. The van der Waals surface area contributed by atoms with Crippen molar-refractivity contribution in [3.63, 3.8) is 0 Å².